The van der Waals surface area contributed by atoms with Crippen LogP contribution >= 0.6 is 15.9 Å². The van der Waals surface area contributed by atoms with Gasteiger partial charge in [0.05, 0.1) is 10.5 Å². The maximum absolute atomic E-state index is 13.3. The van der Waals surface area contributed by atoms with Crippen LogP contribution in [-0.4, -0.2) is 34.3 Å². The molecule has 1 N–H and O–H groups in total. The van der Waals surface area contributed by atoms with Crippen molar-refractivity contribution in [3.8, 4) is 0 Å². The molecule has 0 spiro atoms. The normalized spacial score (nSPS) is 17.7. The maximum atomic E-state index is 13.3. The van der Waals surface area contributed by atoms with E-state index in [4.69, 9.17) is 0 Å². The van der Waals surface area contributed by atoms with Gasteiger partial charge < -0.3 is 10.1 Å². The number of allylic oxidation sites excluding steroid dienone is 3. The summed E-state index contributed by atoms with van der Waals surface area (Å²) in [6.45, 7) is 5.11. The van der Waals surface area contributed by atoms with Crippen molar-refractivity contribution in [1.29, 1.82) is 0 Å². The smallest absolute Gasteiger partial charge is 0.422 e. The molecule has 180 valence electrons. The number of halogens is 4. The molecule has 0 bridgehead atoms. The van der Waals surface area contributed by atoms with Crippen LogP contribution in [0.4, 0.5) is 18.9 Å². The predicted molar refractivity (Wildman–Crippen MR) is 119 cm³/mol. The number of esters is 1. The fourth-order valence-corrected chi connectivity index (χ4v) is 3.83. The molecule has 11 heteroatoms. The monoisotopic (exact) mass is 532 g/mol. The number of benzene rings is 1. The van der Waals surface area contributed by atoms with Crippen molar-refractivity contribution in [3.05, 3.63) is 62.5 Å². The largest absolute Gasteiger partial charge is 0.453 e. The number of rotatable bonds is 8. The maximum Gasteiger partial charge on any atom is 0.422 e. The second-order valence-corrected chi connectivity index (χ2v) is 9.24. The van der Waals surface area contributed by atoms with E-state index >= 15 is 0 Å². The topological polar surface area (TPSA) is 98.5 Å². The van der Waals surface area contributed by atoms with Crippen LogP contribution in [0.15, 0.2) is 46.8 Å². The standard InChI is InChI=1S/C22H24BrF3N2O5/c1-11(2)16(23)9-17(29)18-12(3)27-13(4)19(21(30)33-10-22(24,25)26)20(18)14-6-5-7-15(8-14)28(31)32/h5-8,11,16,20,27H,9-10H2,1-4H3. The first-order valence-corrected chi connectivity index (χ1v) is 11.0. The minimum atomic E-state index is -4.74. The van der Waals surface area contributed by atoms with Crippen LogP contribution < -0.4 is 5.32 Å². The lowest BCUT2D eigenvalue weighted by molar-refractivity contribution is -0.384. The lowest BCUT2D eigenvalue weighted by Crippen LogP contribution is -2.33. The van der Waals surface area contributed by atoms with Gasteiger partial charge in [0.1, 0.15) is 0 Å². The van der Waals surface area contributed by atoms with E-state index in [0.29, 0.717) is 5.70 Å². The molecule has 2 rings (SSSR count). The van der Waals surface area contributed by atoms with Gasteiger partial charge >= 0.3 is 12.1 Å². The Kier molecular flexibility index (Phi) is 8.45. The number of ether oxygens (including phenoxy) is 1. The SMILES string of the molecule is CC1=C(C(=O)CC(Br)C(C)C)C(c2cccc([N+](=O)[O-])c2)C(C(=O)OCC(F)(F)F)=C(C)N1. The van der Waals surface area contributed by atoms with Crippen molar-refractivity contribution in [2.75, 3.05) is 6.61 Å². The summed E-state index contributed by atoms with van der Waals surface area (Å²) in [5.74, 6) is -2.63. The minimum Gasteiger partial charge on any atom is -0.453 e. The van der Waals surface area contributed by atoms with Gasteiger partial charge in [-0.1, -0.05) is 41.9 Å². The molecule has 1 aromatic rings. The summed E-state index contributed by atoms with van der Waals surface area (Å²) in [5.41, 5.74) is 0.491. The van der Waals surface area contributed by atoms with Crippen LogP contribution in [0.2, 0.25) is 0 Å². The number of carbonyl (C=O) groups is 2. The molecule has 0 fully saturated rings. The highest BCUT2D eigenvalue weighted by molar-refractivity contribution is 9.09. The summed E-state index contributed by atoms with van der Waals surface area (Å²) in [5, 5.41) is 14.2. The molecular formula is C22H24BrF3N2O5. The molecule has 0 radical (unpaired) electrons. The number of nitrogens with one attached hydrogen (secondary N) is 1. The van der Waals surface area contributed by atoms with Crippen LogP contribution in [0, 0.1) is 16.0 Å². The first-order chi connectivity index (χ1) is 15.2. The average molecular weight is 533 g/mol. The van der Waals surface area contributed by atoms with Gasteiger partial charge in [-0.2, -0.15) is 13.2 Å². The molecule has 33 heavy (non-hydrogen) atoms. The van der Waals surface area contributed by atoms with Crippen molar-refractivity contribution < 1.29 is 32.4 Å². The molecule has 1 aliphatic heterocycles. The summed E-state index contributed by atoms with van der Waals surface area (Å²) in [7, 11) is 0. The Labute approximate surface area is 197 Å². The number of ketones is 1. The molecule has 0 amide bonds. The van der Waals surface area contributed by atoms with Gasteiger partial charge in [-0.3, -0.25) is 14.9 Å². The number of Topliss-reactive ketones (excluding diaryl/α,β-unsaturated/α-hetero) is 1. The number of carbonyl (C=O) groups excluding carboxylic acids is 2. The molecule has 2 atom stereocenters. The third-order valence-corrected chi connectivity index (χ3v) is 6.55. The third-order valence-electron chi connectivity index (χ3n) is 5.17. The van der Waals surface area contributed by atoms with Crippen molar-refractivity contribution in [1.82, 2.24) is 5.32 Å². The first kappa shape index (κ1) is 26.6. The minimum absolute atomic E-state index is 0.0569. The number of hydrogen-bond donors (Lipinski definition) is 1. The zero-order valence-corrected chi connectivity index (χ0v) is 20.0. The van der Waals surface area contributed by atoms with Crippen LogP contribution in [0.1, 0.15) is 45.6 Å². The molecule has 2 unspecified atom stereocenters. The predicted octanol–water partition coefficient (Wildman–Crippen LogP) is 5.31. The van der Waals surface area contributed by atoms with Gasteiger partial charge in [0.15, 0.2) is 12.4 Å². The van der Waals surface area contributed by atoms with Crippen LogP contribution in [0.5, 0.6) is 0 Å². The van der Waals surface area contributed by atoms with E-state index in [1.165, 1.54) is 31.2 Å². The summed E-state index contributed by atoms with van der Waals surface area (Å²) in [4.78, 5) is 36.6. The number of hydrogen-bond acceptors (Lipinski definition) is 6. The third kappa shape index (κ3) is 6.66. The Hall–Kier alpha value is -2.69. The molecule has 1 aromatic carbocycles. The molecule has 0 saturated heterocycles. The molecule has 7 nitrogen and oxygen atoms in total. The molecule has 0 saturated carbocycles. The van der Waals surface area contributed by atoms with E-state index in [1.807, 2.05) is 13.8 Å². The van der Waals surface area contributed by atoms with Crippen molar-refractivity contribution in [3.63, 3.8) is 0 Å². The zero-order chi connectivity index (χ0) is 25.1. The van der Waals surface area contributed by atoms with Crippen molar-refractivity contribution >= 4 is 33.4 Å². The Morgan fingerprint density at radius 2 is 1.82 bits per heavy atom. The van der Waals surface area contributed by atoms with Gasteiger partial charge in [0.2, 0.25) is 0 Å². The summed E-state index contributed by atoms with van der Waals surface area (Å²) in [6.07, 6.45) is -4.68. The van der Waals surface area contributed by atoms with Gasteiger partial charge in [-0.15, -0.1) is 0 Å². The Balaban J connectivity index is 2.62. The van der Waals surface area contributed by atoms with Crippen LogP contribution in [0.25, 0.3) is 0 Å². The first-order valence-electron chi connectivity index (χ1n) is 10.1. The zero-order valence-electron chi connectivity index (χ0n) is 18.5. The second kappa shape index (κ2) is 10.5. The average Bonchev–Trinajstić information content (AvgIpc) is 2.70. The van der Waals surface area contributed by atoms with E-state index < -0.39 is 29.6 Å². The summed E-state index contributed by atoms with van der Waals surface area (Å²) < 4.78 is 42.5. The Bertz CT molecular complexity index is 1020. The second-order valence-electron chi connectivity index (χ2n) is 8.07. The van der Waals surface area contributed by atoms with Crippen LogP contribution in [0.3, 0.4) is 0 Å². The highest BCUT2D eigenvalue weighted by Gasteiger charge is 2.39. The molecule has 0 aliphatic carbocycles. The fourth-order valence-electron chi connectivity index (χ4n) is 3.53. The van der Waals surface area contributed by atoms with E-state index in [0.717, 1.165) is 0 Å². The lowest BCUT2D eigenvalue weighted by atomic mass is 9.77. The molecule has 1 aliphatic rings. The Morgan fingerprint density at radius 1 is 1.21 bits per heavy atom. The van der Waals surface area contributed by atoms with Gasteiger partial charge in [-0.05, 0) is 25.3 Å². The lowest BCUT2D eigenvalue weighted by Gasteiger charge is -2.31. The van der Waals surface area contributed by atoms with Gasteiger partial charge in [0.25, 0.3) is 5.69 Å². The number of dihydropyridines is 1. The summed E-state index contributed by atoms with van der Waals surface area (Å²) in [6, 6.07) is 5.33. The molecular weight excluding hydrogens is 509 g/mol. The van der Waals surface area contributed by atoms with Crippen molar-refractivity contribution in [2.24, 2.45) is 5.92 Å². The highest BCUT2D eigenvalue weighted by atomic mass is 79.9. The number of nitrogens with zero attached hydrogens (tertiary/aromatic N) is 1. The quantitative estimate of drug-likeness (QED) is 0.211. The number of non-ortho nitro benzene ring substituents is 1. The van der Waals surface area contributed by atoms with Crippen LogP contribution in [-0.2, 0) is 14.3 Å². The molecule has 1 heterocycles. The van der Waals surface area contributed by atoms with E-state index in [2.05, 4.69) is 26.0 Å². The van der Waals surface area contributed by atoms with Gasteiger partial charge in [-0.25, -0.2) is 4.79 Å². The number of alkyl halides is 4. The van der Waals surface area contributed by atoms with E-state index in [1.54, 1.807) is 6.92 Å². The van der Waals surface area contributed by atoms with Gasteiger partial charge in [0, 0.05) is 46.3 Å². The Morgan fingerprint density at radius 3 is 2.36 bits per heavy atom. The van der Waals surface area contributed by atoms with E-state index in [-0.39, 0.29) is 51.0 Å². The van der Waals surface area contributed by atoms with Crippen molar-refractivity contribution in [2.45, 2.75) is 51.0 Å². The summed E-state index contributed by atoms with van der Waals surface area (Å²) >= 11 is 3.46. The number of nitro groups is 1. The highest BCUT2D eigenvalue weighted by Crippen LogP contribution is 2.41. The van der Waals surface area contributed by atoms with E-state index in [9.17, 15) is 32.9 Å². The fraction of sp³-hybridized carbons (Fsp3) is 0.455. The molecule has 0 aromatic heterocycles. The number of nitro benzene ring substituents is 1.